The monoisotopic (exact) mass is 148 g/mol. The third-order valence-corrected chi connectivity index (χ3v) is 1.27. The van der Waals surface area contributed by atoms with Crippen molar-refractivity contribution in [2.24, 2.45) is 0 Å². The van der Waals surface area contributed by atoms with Crippen molar-refractivity contribution in [3.63, 3.8) is 0 Å². The highest BCUT2D eigenvalue weighted by molar-refractivity contribution is 5.44. The Kier molecular flexibility index (Phi) is 3.06. The van der Waals surface area contributed by atoms with Gasteiger partial charge in [0.2, 0.25) is 0 Å². The highest BCUT2D eigenvalue weighted by Gasteiger charge is 1.81. The fraction of sp³-hybridized carbons (Fsp3) is 0.111. The summed E-state index contributed by atoms with van der Waals surface area (Å²) in [7, 11) is 1.86. The van der Waals surface area contributed by atoms with E-state index in [1.165, 1.54) is 0 Å². The van der Waals surface area contributed by atoms with Gasteiger partial charge in [0.25, 0.3) is 0 Å². The van der Waals surface area contributed by atoms with Gasteiger partial charge in [0.05, 0.1) is 0 Å². The zero-order chi connectivity index (χ0) is 7.94. The number of nitrogens with one attached hydrogen (secondary N) is 2. The van der Waals surface area contributed by atoms with Gasteiger partial charge in [0, 0.05) is 25.1 Å². The average Bonchev–Trinajstić information content (AvgIpc) is 2.07. The summed E-state index contributed by atoms with van der Waals surface area (Å²) in [5.41, 5.74) is 1.10. The number of anilines is 1. The van der Waals surface area contributed by atoms with Crippen LogP contribution >= 0.6 is 0 Å². The molecule has 0 fully saturated rings. The molecule has 0 radical (unpaired) electrons. The van der Waals surface area contributed by atoms with Gasteiger partial charge in [-0.05, 0) is 12.1 Å². The minimum atomic E-state index is 1.10. The highest BCUT2D eigenvalue weighted by Crippen LogP contribution is 2.03. The van der Waals surface area contributed by atoms with E-state index in [2.05, 4.69) is 10.6 Å². The van der Waals surface area contributed by atoms with Crippen LogP contribution in [0.3, 0.4) is 0 Å². The summed E-state index contributed by atoms with van der Waals surface area (Å²) in [4.78, 5) is 0. The van der Waals surface area contributed by atoms with E-state index in [9.17, 15) is 0 Å². The van der Waals surface area contributed by atoms with Crippen molar-refractivity contribution in [1.82, 2.24) is 5.32 Å². The third kappa shape index (κ3) is 2.76. The zero-order valence-electron chi connectivity index (χ0n) is 6.54. The molecule has 2 heteroatoms. The topological polar surface area (TPSA) is 24.1 Å². The lowest BCUT2D eigenvalue weighted by molar-refractivity contribution is 1.10. The molecule has 0 unspecified atom stereocenters. The van der Waals surface area contributed by atoms with Crippen LogP contribution in [0.1, 0.15) is 0 Å². The molecule has 0 atom stereocenters. The van der Waals surface area contributed by atoms with Crippen LogP contribution in [0.25, 0.3) is 0 Å². The molecule has 0 saturated heterocycles. The molecular weight excluding hydrogens is 136 g/mol. The summed E-state index contributed by atoms with van der Waals surface area (Å²) in [6.45, 7) is 0. The lowest BCUT2D eigenvalue weighted by Gasteiger charge is -1.97. The SMILES string of the molecule is CN/C=C/Nc1ccccc1. The first-order chi connectivity index (χ1) is 5.43. The van der Waals surface area contributed by atoms with Crippen molar-refractivity contribution in [2.45, 2.75) is 0 Å². The first kappa shape index (κ1) is 7.66. The second-order valence-corrected chi connectivity index (χ2v) is 2.13. The predicted octanol–water partition coefficient (Wildman–Crippen LogP) is 1.79. The van der Waals surface area contributed by atoms with Crippen molar-refractivity contribution in [2.75, 3.05) is 12.4 Å². The van der Waals surface area contributed by atoms with Crippen LogP contribution in [0, 0.1) is 0 Å². The van der Waals surface area contributed by atoms with E-state index in [1.54, 1.807) is 0 Å². The lowest BCUT2D eigenvalue weighted by Crippen LogP contribution is -1.94. The fourth-order valence-electron chi connectivity index (χ4n) is 0.756. The van der Waals surface area contributed by atoms with Crippen LogP contribution in [0.15, 0.2) is 42.7 Å². The lowest BCUT2D eigenvalue weighted by atomic mass is 10.3. The van der Waals surface area contributed by atoms with Crippen LogP contribution in [0.5, 0.6) is 0 Å². The van der Waals surface area contributed by atoms with Crippen LogP contribution in [-0.4, -0.2) is 7.05 Å². The summed E-state index contributed by atoms with van der Waals surface area (Å²) in [6.07, 6.45) is 3.70. The van der Waals surface area contributed by atoms with Crippen LogP contribution in [0.4, 0.5) is 5.69 Å². The maximum absolute atomic E-state index is 3.10. The normalized spacial score (nSPS) is 9.91. The Labute approximate surface area is 66.9 Å². The van der Waals surface area contributed by atoms with Crippen LogP contribution in [0.2, 0.25) is 0 Å². The highest BCUT2D eigenvalue weighted by atomic mass is 14.9. The van der Waals surface area contributed by atoms with Gasteiger partial charge in [-0.2, -0.15) is 0 Å². The Morgan fingerprint density at radius 3 is 2.45 bits per heavy atom. The standard InChI is InChI=1S/C9H12N2/c1-10-7-8-11-9-5-3-2-4-6-9/h2-8,10-11H,1H3/b8-7+. The maximum Gasteiger partial charge on any atom is 0.0380 e. The summed E-state index contributed by atoms with van der Waals surface area (Å²) < 4.78 is 0. The first-order valence-corrected chi connectivity index (χ1v) is 3.57. The molecule has 0 spiro atoms. The minimum absolute atomic E-state index is 1.10. The molecule has 11 heavy (non-hydrogen) atoms. The van der Waals surface area contributed by atoms with Gasteiger partial charge < -0.3 is 10.6 Å². The van der Waals surface area contributed by atoms with Gasteiger partial charge in [-0.3, -0.25) is 0 Å². The van der Waals surface area contributed by atoms with Crippen molar-refractivity contribution in [1.29, 1.82) is 0 Å². The molecule has 58 valence electrons. The second-order valence-electron chi connectivity index (χ2n) is 2.13. The third-order valence-electron chi connectivity index (χ3n) is 1.27. The molecule has 1 aromatic carbocycles. The Hall–Kier alpha value is -1.44. The largest absolute Gasteiger partial charge is 0.393 e. The van der Waals surface area contributed by atoms with Crippen molar-refractivity contribution >= 4 is 5.69 Å². The second kappa shape index (κ2) is 4.39. The Bertz CT molecular complexity index is 216. The Morgan fingerprint density at radius 1 is 1.09 bits per heavy atom. The van der Waals surface area contributed by atoms with Crippen molar-refractivity contribution in [3.05, 3.63) is 42.7 Å². The molecule has 2 N–H and O–H groups in total. The van der Waals surface area contributed by atoms with Gasteiger partial charge in [-0.25, -0.2) is 0 Å². The number of benzene rings is 1. The molecule has 0 amide bonds. The maximum atomic E-state index is 3.10. The van der Waals surface area contributed by atoms with Crippen molar-refractivity contribution in [3.8, 4) is 0 Å². The van der Waals surface area contributed by atoms with Crippen LogP contribution < -0.4 is 10.6 Å². The molecule has 1 aromatic rings. The molecule has 0 aromatic heterocycles. The molecule has 2 nitrogen and oxygen atoms in total. The summed E-state index contributed by atoms with van der Waals surface area (Å²) in [5.74, 6) is 0. The summed E-state index contributed by atoms with van der Waals surface area (Å²) in [5, 5.41) is 6.00. The van der Waals surface area contributed by atoms with E-state index in [0.717, 1.165) is 5.69 Å². The number of hydrogen-bond donors (Lipinski definition) is 2. The Morgan fingerprint density at radius 2 is 1.82 bits per heavy atom. The molecule has 1 rings (SSSR count). The minimum Gasteiger partial charge on any atom is -0.393 e. The molecule has 0 saturated carbocycles. The molecule has 0 heterocycles. The van der Waals surface area contributed by atoms with E-state index >= 15 is 0 Å². The van der Waals surface area contributed by atoms with Crippen LogP contribution in [-0.2, 0) is 0 Å². The fourth-order valence-corrected chi connectivity index (χ4v) is 0.756. The molecular formula is C9H12N2. The summed E-state index contributed by atoms with van der Waals surface area (Å²) in [6, 6.07) is 10.0. The number of hydrogen-bond acceptors (Lipinski definition) is 2. The Balaban J connectivity index is 2.45. The van der Waals surface area contributed by atoms with Gasteiger partial charge in [-0.15, -0.1) is 0 Å². The van der Waals surface area contributed by atoms with Gasteiger partial charge in [-0.1, -0.05) is 18.2 Å². The average molecular weight is 148 g/mol. The first-order valence-electron chi connectivity index (χ1n) is 3.57. The smallest absolute Gasteiger partial charge is 0.0380 e. The van der Waals surface area contributed by atoms with E-state index in [4.69, 9.17) is 0 Å². The van der Waals surface area contributed by atoms with Gasteiger partial charge in [0.1, 0.15) is 0 Å². The van der Waals surface area contributed by atoms with Gasteiger partial charge in [0.15, 0.2) is 0 Å². The van der Waals surface area contributed by atoms with E-state index in [0.29, 0.717) is 0 Å². The van der Waals surface area contributed by atoms with E-state index in [1.807, 2.05) is 49.8 Å². The predicted molar refractivity (Wildman–Crippen MR) is 48.3 cm³/mol. The number of para-hydroxylation sites is 1. The van der Waals surface area contributed by atoms with Gasteiger partial charge >= 0.3 is 0 Å². The number of rotatable bonds is 3. The van der Waals surface area contributed by atoms with Crippen molar-refractivity contribution < 1.29 is 0 Å². The quantitative estimate of drug-likeness (QED) is 0.682. The zero-order valence-corrected chi connectivity index (χ0v) is 6.54. The van der Waals surface area contributed by atoms with E-state index < -0.39 is 0 Å². The van der Waals surface area contributed by atoms with E-state index in [-0.39, 0.29) is 0 Å². The summed E-state index contributed by atoms with van der Waals surface area (Å²) >= 11 is 0. The molecule has 0 aliphatic carbocycles. The molecule has 0 bridgehead atoms. The molecule has 0 aliphatic rings. The molecule has 0 aliphatic heterocycles.